The van der Waals surface area contributed by atoms with Gasteiger partial charge in [0.15, 0.2) is 11.5 Å². The van der Waals surface area contributed by atoms with Crippen LogP contribution in [0.15, 0.2) is 23.1 Å². The Labute approximate surface area is 163 Å². The molecule has 2 rings (SSSR count). The zero-order chi connectivity index (χ0) is 19.8. The third-order valence-electron chi connectivity index (χ3n) is 3.79. The highest BCUT2D eigenvalue weighted by molar-refractivity contribution is 8.18. The van der Waals surface area contributed by atoms with Gasteiger partial charge < -0.3 is 14.8 Å². The second kappa shape index (κ2) is 10.0. The molecule has 1 N–H and O–H groups in total. The number of nitrogens with zero attached hydrogens (tertiary/aromatic N) is 1. The molecular weight excluding hydrogens is 368 g/mol. The monoisotopic (exact) mass is 392 g/mol. The van der Waals surface area contributed by atoms with E-state index in [-0.39, 0.29) is 30.1 Å². The van der Waals surface area contributed by atoms with Crippen molar-refractivity contribution < 1.29 is 23.9 Å². The van der Waals surface area contributed by atoms with Gasteiger partial charge in [-0.3, -0.25) is 19.3 Å². The van der Waals surface area contributed by atoms with Crippen LogP contribution in [0.2, 0.25) is 0 Å². The minimum absolute atomic E-state index is 0.0819. The lowest BCUT2D eigenvalue weighted by atomic mass is 10.2. The molecule has 0 aromatic heterocycles. The summed E-state index contributed by atoms with van der Waals surface area (Å²) in [5.74, 6) is 0.737. The van der Waals surface area contributed by atoms with Crippen LogP contribution in [-0.4, -0.2) is 48.8 Å². The second-order valence-corrected chi connectivity index (χ2v) is 6.77. The first-order chi connectivity index (χ1) is 13.0. The maximum absolute atomic E-state index is 12.5. The van der Waals surface area contributed by atoms with Gasteiger partial charge in [-0.05, 0) is 48.9 Å². The lowest BCUT2D eigenvalue weighted by Gasteiger charge is -2.12. The number of nitrogens with one attached hydrogen (secondary N) is 1. The standard InChI is InChI=1S/C19H24N2O5S/c1-4-6-17(22)20-9-10-21-18(23)16(27-19(21)24)12-13-7-8-14(26-5-2)15(11-13)25-3/h7-8,11-12H,4-6,9-10H2,1-3H3,(H,20,22)/b16-12-. The van der Waals surface area contributed by atoms with E-state index in [0.29, 0.717) is 29.4 Å². The van der Waals surface area contributed by atoms with E-state index in [2.05, 4.69) is 5.32 Å². The summed E-state index contributed by atoms with van der Waals surface area (Å²) in [6, 6.07) is 5.32. The third kappa shape index (κ3) is 5.50. The van der Waals surface area contributed by atoms with Crippen molar-refractivity contribution in [1.82, 2.24) is 10.2 Å². The van der Waals surface area contributed by atoms with E-state index in [1.807, 2.05) is 13.8 Å². The first kappa shape index (κ1) is 20.8. The van der Waals surface area contributed by atoms with Crippen LogP contribution >= 0.6 is 11.8 Å². The molecule has 0 aliphatic carbocycles. The fraction of sp³-hybridized carbons (Fsp3) is 0.421. The highest BCUT2D eigenvalue weighted by atomic mass is 32.2. The molecule has 0 bridgehead atoms. The van der Waals surface area contributed by atoms with Crippen molar-refractivity contribution in [1.29, 1.82) is 0 Å². The minimum Gasteiger partial charge on any atom is -0.493 e. The van der Waals surface area contributed by atoms with Gasteiger partial charge >= 0.3 is 0 Å². The van der Waals surface area contributed by atoms with Crippen LogP contribution in [0.25, 0.3) is 6.08 Å². The molecular formula is C19H24N2O5S. The summed E-state index contributed by atoms with van der Waals surface area (Å²) in [5, 5.41) is 2.37. The average molecular weight is 392 g/mol. The Morgan fingerprint density at radius 1 is 1.26 bits per heavy atom. The zero-order valence-corrected chi connectivity index (χ0v) is 16.6. The number of carbonyl (C=O) groups is 3. The van der Waals surface area contributed by atoms with Gasteiger partial charge in [-0.2, -0.15) is 0 Å². The lowest BCUT2D eigenvalue weighted by molar-refractivity contribution is -0.124. The number of rotatable bonds is 9. The number of imide groups is 1. The molecule has 7 nitrogen and oxygen atoms in total. The molecule has 3 amide bonds. The number of benzene rings is 1. The van der Waals surface area contributed by atoms with Crippen molar-refractivity contribution in [3.8, 4) is 11.5 Å². The Kier molecular flexibility index (Phi) is 7.72. The molecule has 1 aliphatic heterocycles. The summed E-state index contributed by atoms with van der Waals surface area (Å²) >= 11 is 0.887. The van der Waals surface area contributed by atoms with E-state index in [1.165, 1.54) is 0 Å². The van der Waals surface area contributed by atoms with Crippen LogP contribution in [0.3, 0.4) is 0 Å². The van der Waals surface area contributed by atoms with E-state index >= 15 is 0 Å². The quantitative estimate of drug-likeness (QED) is 0.650. The Morgan fingerprint density at radius 2 is 2.04 bits per heavy atom. The maximum Gasteiger partial charge on any atom is 0.293 e. The molecule has 0 radical (unpaired) electrons. The van der Waals surface area contributed by atoms with E-state index in [0.717, 1.165) is 28.6 Å². The predicted molar refractivity (Wildman–Crippen MR) is 105 cm³/mol. The number of methoxy groups -OCH3 is 1. The summed E-state index contributed by atoms with van der Waals surface area (Å²) in [6.45, 7) is 4.72. The van der Waals surface area contributed by atoms with Crippen molar-refractivity contribution >= 4 is 34.9 Å². The summed E-state index contributed by atoms with van der Waals surface area (Å²) in [5.41, 5.74) is 0.733. The van der Waals surface area contributed by atoms with Crippen LogP contribution in [0.5, 0.6) is 11.5 Å². The number of amides is 3. The molecule has 1 aromatic rings. The number of thioether (sulfide) groups is 1. The summed E-state index contributed by atoms with van der Waals surface area (Å²) in [6.07, 6.45) is 2.84. The van der Waals surface area contributed by atoms with Gasteiger partial charge in [-0.15, -0.1) is 0 Å². The smallest absolute Gasteiger partial charge is 0.293 e. The first-order valence-electron chi connectivity index (χ1n) is 8.83. The summed E-state index contributed by atoms with van der Waals surface area (Å²) < 4.78 is 10.8. The molecule has 146 valence electrons. The molecule has 1 saturated heterocycles. The van der Waals surface area contributed by atoms with E-state index in [9.17, 15) is 14.4 Å². The SMILES string of the molecule is CCCC(=O)NCCN1C(=O)S/C(=C\c2ccc(OCC)c(OC)c2)C1=O. The summed E-state index contributed by atoms with van der Waals surface area (Å²) in [4.78, 5) is 37.6. The summed E-state index contributed by atoms with van der Waals surface area (Å²) in [7, 11) is 1.54. The van der Waals surface area contributed by atoms with Crippen LogP contribution in [0, 0.1) is 0 Å². The molecule has 1 fully saturated rings. The molecule has 0 saturated carbocycles. The van der Waals surface area contributed by atoms with Crippen molar-refractivity contribution in [2.24, 2.45) is 0 Å². The van der Waals surface area contributed by atoms with E-state index in [1.54, 1.807) is 31.4 Å². The number of hydrogen-bond donors (Lipinski definition) is 1. The van der Waals surface area contributed by atoms with E-state index < -0.39 is 0 Å². The van der Waals surface area contributed by atoms with Crippen molar-refractivity contribution in [2.45, 2.75) is 26.7 Å². The van der Waals surface area contributed by atoms with Gasteiger partial charge in [0.05, 0.1) is 18.6 Å². The largest absolute Gasteiger partial charge is 0.493 e. The van der Waals surface area contributed by atoms with Crippen LogP contribution < -0.4 is 14.8 Å². The fourth-order valence-electron chi connectivity index (χ4n) is 2.52. The highest BCUT2D eigenvalue weighted by Gasteiger charge is 2.34. The molecule has 8 heteroatoms. The Hall–Kier alpha value is -2.48. The van der Waals surface area contributed by atoms with Crippen molar-refractivity contribution in [3.63, 3.8) is 0 Å². The third-order valence-corrected chi connectivity index (χ3v) is 4.70. The van der Waals surface area contributed by atoms with E-state index in [4.69, 9.17) is 9.47 Å². The van der Waals surface area contributed by atoms with Gasteiger partial charge in [0, 0.05) is 19.5 Å². The minimum atomic E-state index is -0.359. The van der Waals surface area contributed by atoms with Crippen LogP contribution in [0.1, 0.15) is 32.3 Å². The van der Waals surface area contributed by atoms with Gasteiger partial charge in [-0.1, -0.05) is 13.0 Å². The zero-order valence-electron chi connectivity index (χ0n) is 15.7. The normalized spacial score (nSPS) is 15.4. The number of hydrogen-bond acceptors (Lipinski definition) is 6. The Balaban J connectivity index is 2.06. The Morgan fingerprint density at radius 3 is 2.70 bits per heavy atom. The maximum atomic E-state index is 12.5. The predicted octanol–water partition coefficient (Wildman–Crippen LogP) is 3.05. The highest BCUT2D eigenvalue weighted by Crippen LogP contribution is 2.34. The molecule has 27 heavy (non-hydrogen) atoms. The molecule has 0 spiro atoms. The Bertz CT molecular complexity index is 748. The molecule has 0 atom stereocenters. The van der Waals surface area contributed by atoms with Crippen LogP contribution in [0.4, 0.5) is 4.79 Å². The topological polar surface area (TPSA) is 84.9 Å². The molecule has 1 aliphatic rings. The van der Waals surface area contributed by atoms with Crippen LogP contribution in [-0.2, 0) is 9.59 Å². The lowest BCUT2D eigenvalue weighted by Crippen LogP contribution is -2.37. The fourth-order valence-corrected chi connectivity index (χ4v) is 3.38. The van der Waals surface area contributed by atoms with Crippen molar-refractivity contribution in [2.75, 3.05) is 26.8 Å². The molecule has 1 aromatic carbocycles. The molecule has 1 heterocycles. The first-order valence-corrected chi connectivity index (χ1v) is 9.64. The van der Waals surface area contributed by atoms with Gasteiger partial charge in [0.2, 0.25) is 5.91 Å². The second-order valence-electron chi connectivity index (χ2n) is 5.78. The number of carbonyl (C=O) groups excluding carboxylic acids is 3. The van der Waals surface area contributed by atoms with Gasteiger partial charge in [0.25, 0.3) is 11.1 Å². The van der Waals surface area contributed by atoms with Crippen molar-refractivity contribution in [3.05, 3.63) is 28.7 Å². The molecule has 0 unspecified atom stereocenters. The average Bonchev–Trinajstić information content (AvgIpc) is 2.90. The van der Waals surface area contributed by atoms with Gasteiger partial charge in [0.1, 0.15) is 0 Å². The van der Waals surface area contributed by atoms with Gasteiger partial charge in [-0.25, -0.2) is 0 Å². The number of ether oxygens (including phenoxy) is 2.